The molecule has 0 atom stereocenters. The van der Waals surface area contributed by atoms with Gasteiger partial charge < -0.3 is 4.74 Å². The lowest BCUT2D eigenvalue weighted by molar-refractivity contribution is 0.0735. The number of aryl methyl sites for hydroxylation is 1. The summed E-state index contributed by atoms with van der Waals surface area (Å²) in [7, 11) is 0. The number of carbonyl (C=O) groups excluding carboxylic acids is 1. The molecule has 0 amide bonds. The predicted molar refractivity (Wildman–Crippen MR) is 129 cm³/mol. The zero-order valence-electron chi connectivity index (χ0n) is 16.6. The highest BCUT2D eigenvalue weighted by Crippen LogP contribution is 2.25. The van der Waals surface area contributed by atoms with Crippen LogP contribution < -0.4 is 10.2 Å². The summed E-state index contributed by atoms with van der Waals surface area (Å²) >= 11 is 4.84. The number of nitrogens with zero attached hydrogens (tertiary/aromatic N) is 2. The molecule has 1 heterocycles. The van der Waals surface area contributed by atoms with Crippen LogP contribution in [0.1, 0.15) is 21.5 Å². The molecule has 0 saturated heterocycles. The number of benzene rings is 3. The van der Waals surface area contributed by atoms with Crippen molar-refractivity contribution in [2.45, 2.75) is 6.92 Å². The van der Waals surface area contributed by atoms with Crippen molar-refractivity contribution in [1.82, 2.24) is 4.98 Å². The van der Waals surface area contributed by atoms with Crippen LogP contribution in [0.2, 0.25) is 0 Å². The normalized spacial score (nSPS) is 10.9. The van der Waals surface area contributed by atoms with Gasteiger partial charge in [-0.15, -0.1) is 11.3 Å². The summed E-state index contributed by atoms with van der Waals surface area (Å²) < 4.78 is 6.36. The zero-order chi connectivity index (χ0) is 21.6. The van der Waals surface area contributed by atoms with Crippen LogP contribution in [0, 0.1) is 6.92 Å². The number of ether oxygens (including phenoxy) is 1. The van der Waals surface area contributed by atoms with E-state index in [4.69, 9.17) is 4.74 Å². The molecule has 7 heteroatoms. The number of nitrogens with one attached hydrogen (secondary N) is 1. The molecule has 31 heavy (non-hydrogen) atoms. The van der Waals surface area contributed by atoms with E-state index in [0.717, 1.165) is 21.3 Å². The van der Waals surface area contributed by atoms with Gasteiger partial charge in [-0.05, 0) is 48.9 Å². The average Bonchev–Trinajstić information content (AvgIpc) is 3.24. The lowest BCUT2D eigenvalue weighted by Crippen LogP contribution is -2.08. The SMILES string of the molecule is Cc1ccc(-c2csc(N/N=C\c3cccc(OC(=O)c4ccc(Br)cc4)c3)n2)cc1. The highest BCUT2D eigenvalue weighted by molar-refractivity contribution is 9.10. The van der Waals surface area contributed by atoms with Crippen LogP contribution in [0.15, 0.2) is 87.8 Å². The Morgan fingerprint density at radius 1 is 1.10 bits per heavy atom. The third-order valence-corrected chi connectivity index (χ3v) is 5.65. The van der Waals surface area contributed by atoms with Crippen molar-refractivity contribution in [3.63, 3.8) is 0 Å². The molecule has 0 aliphatic heterocycles. The monoisotopic (exact) mass is 491 g/mol. The second-order valence-corrected chi connectivity index (χ2v) is 8.52. The van der Waals surface area contributed by atoms with Crippen molar-refractivity contribution >= 4 is 44.6 Å². The summed E-state index contributed by atoms with van der Waals surface area (Å²) in [5.74, 6) is 0.0407. The number of anilines is 1. The molecule has 1 N–H and O–H groups in total. The fraction of sp³-hybridized carbons (Fsp3) is 0.0417. The number of thiazole rings is 1. The van der Waals surface area contributed by atoms with Crippen molar-refractivity contribution in [2.24, 2.45) is 5.10 Å². The first-order chi connectivity index (χ1) is 15.1. The minimum absolute atomic E-state index is 0.411. The third-order valence-electron chi connectivity index (χ3n) is 4.37. The molecule has 3 aromatic carbocycles. The Balaban J connectivity index is 1.38. The maximum atomic E-state index is 12.3. The van der Waals surface area contributed by atoms with Crippen LogP contribution in [0.5, 0.6) is 5.75 Å². The highest BCUT2D eigenvalue weighted by atomic mass is 79.9. The predicted octanol–water partition coefficient (Wildman–Crippen LogP) is 6.55. The van der Waals surface area contributed by atoms with Gasteiger partial charge in [0.2, 0.25) is 5.13 Å². The van der Waals surface area contributed by atoms with Gasteiger partial charge in [0.25, 0.3) is 0 Å². The van der Waals surface area contributed by atoms with E-state index in [2.05, 4.69) is 62.6 Å². The smallest absolute Gasteiger partial charge is 0.343 e. The van der Waals surface area contributed by atoms with Gasteiger partial charge in [-0.2, -0.15) is 5.10 Å². The van der Waals surface area contributed by atoms with Gasteiger partial charge in [-0.1, -0.05) is 57.9 Å². The van der Waals surface area contributed by atoms with Crippen LogP contribution in [0.3, 0.4) is 0 Å². The molecule has 0 saturated carbocycles. The van der Waals surface area contributed by atoms with Gasteiger partial charge in [-0.25, -0.2) is 9.78 Å². The van der Waals surface area contributed by atoms with Gasteiger partial charge in [0.1, 0.15) is 5.75 Å². The number of carbonyl (C=O) groups is 1. The Morgan fingerprint density at radius 3 is 2.65 bits per heavy atom. The first-order valence-corrected chi connectivity index (χ1v) is 11.1. The lowest BCUT2D eigenvalue weighted by Gasteiger charge is -2.05. The molecule has 0 bridgehead atoms. The molecule has 154 valence electrons. The van der Waals surface area contributed by atoms with Gasteiger partial charge in [0.05, 0.1) is 17.5 Å². The molecule has 0 aliphatic carbocycles. The minimum atomic E-state index is -0.411. The fourth-order valence-corrected chi connectivity index (χ4v) is 3.69. The largest absolute Gasteiger partial charge is 0.423 e. The molecular weight excluding hydrogens is 474 g/mol. The Hall–Kier alpha value is -3.29. The third kappa shape index (κ3) is 5.65. The van der Waals surface area contributed by atoms with Crippen LogP contribution in [0.25, 0.3) is 11.3 Å². The number of hydrogen-bond donors (Lipinski definition) is 1. The second kappa shape index (κ2) is 9.68. The summed E-state index contributed by atoms with van der Waals surface area (Å²) in [4.78, 5) is 16.8. The van der Waals surface area contributed by atoms with E-state index in [-0.39, 0.29) is 0 Å². The van der Waals surface area contributed by atoms with E-state index < -0.39 is 5.97 Å². The molecule has 4 rings (SSSR count). The van der Waals surface area contributed by atoms with Crippen molar-refractivity contribution < 1.29 is 9.53 Å². The van der Waals surface area contributed by atoms with Crippen LogP contribution >= 0.6 is 27.3 Å². The topological polar surface area (TPSA) is 63.6 Å². The van der Waals surface area contributed by atoms with E-state index in [9.17, 15) is 4.79 Å². The van der Waals surface area contributed by atoms with E-state index >= 15 is 0 Å². The first-order valence-electron chi connectivity index (χ1n) is 9.46. The van der Waals surface area contributed by atoms with E-state index in [0.29, 0.717) is 16.4 Å². The maximum Gasteiger partial charge on any atom is 0.343 e. The summed E-state index contributed by atoms with van der Waals surface area (Å²) in [5, 5.41) is 6.94. The zero-order valence-corrected chi connectivity index (χ0v) is 19.0. The van der Waals surface area contributed by atoms with Crippen molar-refractivity contribution in [1.29, 1.82) is 0 Å². The Labute approximate surface area is 192 Å². The van der Waals surface area contributed by atoms with Crippen molar-refractivity contribution in [3.8, 4) is 17.0 Å². The van der Waals surface area contributed by atoms with Crippen molar-refractivity contribution in [2.75, 3.05) is 5.43 Å². The Morgan fingerprint density at radius 2 is 1.87 bits per heavy atom. The highest BCUT2D eigenvalue weighted by Gasteiger charge is 2.08. The van der Waals surface area contributed by atoms with Gasteiger partial charge in [-0.3, -0.25) is 5.43 Å². The molecule has 0 aliphatic rings. The Kier molecular flexibility index (Phi) is 6.54. The van der Waals surface area contributed by atoms with Crippen LogP contribution in [-0.4, -0.2) is 17.2 Å². The number of aromatic nitrogens is 1. The molecule has 0 radical (unpaired) electrons. The number of esters is 1. The van der Waals surface area contributed by atoms with Crippen LogP contribution in [0.4, 0.5) is 5.13 Å². The molecule has 0 spiro atoms. The Bertz CT molecular complexity index is 1220. The molecule has 0 unspecified atom stereocenters. The van der Waals surface area contributed by atoms with Gasteiger partial charge >= 0.3 is 5.97 Å². The van der Waals surface area contributed by atoms with Gasteiger partial charge in [0, 0.05) is 15.4 Å². The fourth-order valence-electron chi connectivity index (χ4n) is 2.75. The van der Waals surface area contributed by atoms with Crippen molar-refractivity contribution in [3.05, 3.63) is 99.3 Å². The first kappa shape index (κ1) is 21.0. The standard InChI is InChI=1S/C24H18BrN3O2S/c1-16-5-7-18(8-6-16)22-15-31-24(27-22)28-26-14-17-3-2-4-21(13-17)30-23(29)19-9-11-20(25)12-10-19/h2-15H,1H3,(H,27,28)/b26-14-. The van der Waals surface area contributed by atoms with E-state index in [1.165, 1.54) is 16.9 Å². The second-order valence-electron chi connectivity index (χ2n) is 6.74. The number of hydrazone groups is 1. The quantitative estimate of drug-likeness (QED) is 0.144. The summed E-state index contributed by atoms with van der Waals surface area (Å²) in [5.41, 5.74) is 7.42. The minimum Gasteiger partial charge on any atom is -0.423 e. The van der Waals surface area contributed by atoms with E-state index in [1.54, 1.807) is 42.6 Å². The molecule has 1 aromatic heterocycles. The van der Waals surface area contributed by atoms with Gasteiger partial charge in [0.15, 0.2) is 0 Å². The molecule has 0 fully saturated rings. The number of halogens is 1. The molecule has 5 nitrogen and oxygen atoms in total. The van der Waals surface area contributed by atoms with Crippen LogP contribution in [-0.2, 0) is 0 Å². The van der Waals surface area contributed by atoms with E-state index in [1.807, 2.05) is 17.5 Å². The molecule has 4 aromatic rings. The maximum absolute atomic E-state index is 12.3. The molecular formula is C24H18BrN3O2S. The summed E-state index contributed by atoms with van der Waals surface area (Å²) in [6, 6.07) is 22.4. The lowest BCUT2D eigenvalue weighted by atomic mass is 10.1. The average molecular weight is 492 g/mol. The number of hydrogen-bond acceptors (Lipinski definition) is 6. The summed E-state index contributed by atoms with van der Waals surface area (Å²) in [6.45, 7) is 2.06. The number of rotatable bonds is 6. The summed E-state index contributed by atoms with van der Waals surface area (Å²) in [6.07, 6.45) is 1.66.